The average molecular weight is 765 g/mol. The Morgan fingerprint density at radius 2 is 0.585 bits per heavy atom. The minimum atomic E-state index is -0.687. The van der Waals surface area contributed by atoms with E-state index in [0.717, 1.165) is 26.2 Å². The van der Waals surface area contributed by atoms with Crippen molar-refractivity contribution in [3.8, 4) is 0 Å². The van der Waals surface area contributed by atoms with Crippen LogP contribution in [0.4, 0.5) is 0 Å². The Balaban J connectivity index is 1.20. The Morgan fingerprint density at radius 1 is 0.396 bits per heavy atom. The first-order valence-electron chi connectivity index (χ1n) is 19.8. The zero-order valence-electron chi connectivity index (χ0n) is 32.9. The lowest BCUT2D eigenvalue weighted by atomic mass is 9.92. The molecule has 0 aromatic heterocycles. The smallest absolute Gasteiger partial charge is 0.0900 e. The summed E-state index contributed by atoms with van der Waals surface area (Å²) in [5.41, 5.74) is -0.687. The topological polar surface area (TPSA) is 167 Å². The Bertz CT molecular complexity index is 827. The first-order chi connectivity index (χ1) is 25.5. The predicted molar refractivity (Wildman–Crippen MR) is 197 cm³/mol. The summed E-state index contributed by atoms with van der Waals surface area (Å²) in [6.07, 6.45) is -2.15. The fourth-order valence-electron chi connectivity index (χ4n) is 6.23. The van der Waals surface area contributed by atoms with Crippen LogP contribution in [-0.4, -0.2) is 247 Å². The predicted octanol–water partition coefficient (Wildman–Crippen LogP) is -1.63. The van der Waals surface area contributed by atoms with Crippen molar-refractivity contribution < 1.29 is 58.3 Å². The Labute approximate surface area is 317 Å². The van der Waals surface area contributed by atoms with Gasteiger partial charge in [0.05, 0.1) is 136 Å². The quantitative estimate of drug-likeness (QED) is 0.0424. The maximum atomic E-state index is 10.2. The molecule has 4 heterocycles. The van der Waals surface area contributed by atoms with Crippen molar-refractivity contribution >= 4 is 0 Å². The lowest BCUT2D eigenvalue weighted by molar-refractivity contribution is -0.124. The number of hydrogen-bond acceptors (Lipinski definition) is 16. The van der Waals surface area contributed by atoms with Gasteiger partial charge in [0.1, 0.15) is 0 Å². The second kappa shape index (κ2) is 24.2. The van der Waals surface area contributed by atoms with E-state index in [1.165, 1.54) is 0 Å². The van der Waals surface area contributed by atoms with E-state index in [0.29, 0.717) is 103 Å². The van der Waals surface area contributed by atoms with E-state index < -0.39 is 29.8 Å². The van der Waals surface area contributed by atoms with Crippen LogP contribution in [0.5, 0.6) is 0 Å². The number of aliphatic hydroxyl groups is 4. The monoisotopic (exact) mass is 765 g/mol. The first kappa shape index (κ1) is 45.1. The summed E-state index contributed by atoms with van der Waals surface area (Å²) in [6, 6.07) is 2.11. The van der Waals surface area contributed by atoms with Gasteiger partial charge in [0, 0.05) is 76.5 Å². The highest BCUT2D eigenvalue weighted by atomic mass is 16.6. The van der Waals surface area contributed by atoms with Gasteiger partial charge in [-0.2, -0.15) is 0 Å². The van der Waals surface area contributed by atoms with E-state index in [2.05, 4.69) is 47.3 Å². The van der Waals surface area contributed by atoms with Crippen molar-refractivity contribution in [2.45, 2.75) is 76.3 Å². The van der Waals surface area contributed by atoms with Crippen LogP contribution in [0, 0.1) is 5.41 Å². The average Bonchev–Trinajstić information content (AvgIpc) is 4.05. The molecule has 53 heavy (non-hydrogen) atoms. The zero-order valence-corrected chi connectivity index (χ0v) is 32.9. The lowest BCUT2D eigenvalue weighted by Crippen LogP contribution is -2.43. The van der Waals surface area contributed by atoms with E-state index in [1.807, 2.05) is 0 Å². The molecule has 312 valence electrons. The van der Waals surface area contributed by atoms with Gasteiger partial charge in [0.2, 0.25) is 0 Å². The van der Waals surface area contributed by atoms with Crippen LogP contribution in [0.2, 0.25) is 0 Å². The third-order valence-electron chi connectivity index (χ3n) is 10.1. The molecule has 4 rings (SSSR count). The summed E-state index contributed by atoms with van der Waals surface area (Å²) in [6.45, 7) is 19.7. The second-order valence-electron chi connectivity index (χ2n) is 15.8. The van der Waals surface area contributed by atoms with Gasteiger partial charge in [-0.1, -0.05) is 0 Å². The van der Waals surface area contributed by atoms with Crippen molar-refractivity contribution in [1.29, 1.82) is 0 Å². The molecule has 12 atom stereocenters. The van der Waals surface area contributed by atoms with Crippen molar-refractivity contribution in [1.82, 2.24) is 19.6 Å². The summed E-state index contributed by atoms with van der Waals surface area (Å²) in [5.74, 6) is 0. The highest BCUT2D eigenvalue weighted by molar-refractivity contribution is 4.88. The molecular weight excluding hydrogens is 692 g/mol. The number of rotatable bonds is 36. The minimum Gasteiger partial charge on any atom is -0.389 e. The van der Waals surface area contributed by atoms with Crippen LogP contribution in [0.1, 0.15) is 27.7 Å². The van der Waals surface area contributed by atoms with Crippen molar-refractivity contribution in [3.63, 3.8) is 0 Å². The van der Waals surface area contributed by atoms with Crippen LogP contribution < -0.4 is 0 Å². The Kier molecular flexibility index (Phi) is 20.6. The third kappa shape index (κ3) is 19.9. The summed E-state index contributed by atoms with van der Waals surface area (Å²) < 4.78 is 47.2. The molecule has 0 aliphatic carbocycles. The van der Waals surface area contributed by atoms with Crippen LogP contribution >= 0.6 is 0 Å². The van der Waals surface area contributed by atoms with Gasteiger partial charge in [-0.05, 0) is 27.7 Å². The number of nitrogens with zero attached hydrogens (tertiary/aromatic N) is 4. The normalized spacial score (nSPS) is 30.8. The highest BCUT2D eigenvalue weighted by Gasteiger charge is 2.35. The highest BCUT2D eigenvalue weighted by Crippen LogP contribution is 2.22. The fourth-order valence-corrected chi connectivity index (χ4v) is 6.23. The standard InChI is InChI=1S/C37H72N4O12/c1-29-13-38(29)17-33(42)21-46-5-9-50-25-37(26-51-10-6-47-22-34(43)18-39-14-30(39)2,27-52-11-7-48-23-35(44)19-40-15-31(40)3)28-53-12-8-49-24-36(45)20-41-16-32(41)4/h29-36,42-45H,5-28H2,1-4H3. The lowest BCUT2D eigenvalue weighted by Gasteiger charge is -2.33. The molecule has 0 spiro atoms. The van der Waals surface area contributed by atoms with E-state index in [4.69, 9.17) is 37.9 Å². The fraction of sp³-hybridized carbons (Fsp3) is 1.00. The molecule has 4 fully saturated rings. The number of aliphatic hydroxyl groups excluding tert-OH is 4. The summed E-state index contributed by atoms with van der Waals surface area (Å²) in [4.78, 5) is 8.77. The van der Waals surface area contributed by atoms with Crippen molar-refractivity contribution in [3.05, 3.63) is 0 Å². The van der Waals surface area contributed by atoms with E-state index in [9.17, 15) is 20.4 Å². The van der Waals surface area contributed by atoms with Crippen LogP contribution in [0.25, 0.3) is 0 Å². The third-order valence-corrected chi connectivity index (χ3v) is 10.1. The molecule has 4 aliphatic heterocycles. The van der Waals surface area contributed by atoms with Crippen LogP contribution in [0.3, 0.4) is 0 Å². The van der Waals surface area contributed by atoms with Crippen molar-refractivity contribution in [2.24, 2.45) is 5.41 Å². The van der Waals surface area contributed by atoms with Gasteiger partial charge in [-0.25, -0.2) is 0 Å². The molecule has 12 unspecified atom stereocenters. The van der Waals surface area contributed by atoms with E-state index in [-0.39, 0.29) is 52.9 Å². The van der Waals surface area contributed by atoms with Gasteiger partial charge in [0.25, 0.3) is 0 Å². The molecule has 0 saturated carbocycles. The zero-order chi connectivity index (χ0) is 38.1. The Morgan fingerprint density at radius 3 is 0.774 bits per heavy atom. The van der Waals surface area contributed by atoms with Gasteiger partial charge in [0.15, 0.2) is 0 Å². The number of ether oxygens (including phenoxy) is 8. The molecule has 0 radical (unpaired) electrons. The molecule has 4 aliphatic rings. The van der Waals surface area contributed by atoms with Crippen LogP contribution in [-0.2, 0) is 37.9 Å². The Hall–Kier alpha value is -0.640. The maximum Gasteiger partial charge on any atom is 0.0900 e. The van der Waals surface area contributed by atoms with Gasteiger partial charge in [-0.3, -0.25) is 19.6 Å². The molecule has 0 bridgehead atoms. The molecule has 0 aromatic carbocycles. The molecule has 0 aromatic rings. The number of β-amino-alcohol motifs (C(OH)–C–C–N with tert-alkyl or cyclic N) is 4. The van der Waals surface area contributed by atoms with E-state index in [1.54, 1.807) is 0 Å². The van der Waals surface area contributed by atoms with Gasteiger partial charge in [-0.15, -0.1) is 0 Å². The SMILES string of the molecule is CC1CN1CC(O)COCCOCC(COCCOCC(O)CN1CC1C)(COCCOCC(O)CN1CC1C)COCCOCC(O)CN1CC1C. The molecule has 16 nitrogen and oxygen atoms in total. The maximum absolute atomic E-state index is 10.2. The second-order valence-corrected chi connectivity index (χ2v) is 15.8. The molecule has 16 heteroatoms. The minimum absolute atomic E-state index is 0.246. The molecule has 4 saturated heterocycles. The molecule has 4 N–H and O–H groups in total. The summed E-state index contributed by atoms with van der Waals surface area (Å²) in [7, 11) is 0. The molecular formula is C37H72N4O12. The van der Waals surface area contributed by atoms with E-state index >= 15 is 0 Å². The summed E-state index contributed by atoms with van der Waals surface area (Å²) in [5, 5.41) is 41.0. The summed E-state index contributed by atoms with van der Waals surface area (Å²) >= 11 is 0. The largest absolute Gasteiger partial charge is 0.389 e. The number of hydrogen-bond donors (Lipinski definition) is 4. The van der Waals surface area contributed by atoms with Gasteiger partial charge < -0.3 is 58.3 Å². The first-order valence-corrected chi connectivity index (χ1v) is 19.8. The van der Waals surface area contributed by atoms with Crippen LogP contribution in [0.15, 0.2) is 0 Å². The van der Waals surface area contributed by atoms with Crippen molar-refractivity contribution in [2.75, 3.05) is 158 Å². The van der Waals surface area contributed by atoms with Gasteiger partial charge >= 0.3 is 0 Å². The molecule has 0 amide bonds.